The molecule has 1 rings (SSSR count). The number of hydrogen-bond donors (Lipinski definition) is 1. The van der Waals surface area contributed by atoms with Crippen LogP contribution in [0.25, 0.3) is 0 Å². The number of nitrogens with zero attached hydrogens (tertiary/aromatic N) is 2. The fraction of sp³-hybridized carbons (Fsp3) is 0.619. The van der Waals surface area contributed by atoms with E-state index in [0.717, 1.165) is 18.3 Å². The summed E-state index contributed by atoms with van der Waals surface area (Å²) in [6.45, 7) is 10.1. The Labute approximate surface area is 158 Å². The van der Waals surface area contributed by atoms with Crippen LogP contribution >= 0.6 is 0 Å². The predicted octanol–water partition coefficient (Wildman–Crippen LogP) is 3.69. The minimum Gasteiger partial charge on any atom is -0.466 e. The average Bonchev–Trinajstić information content (AvgIpc) is 2.63. The van der Waals surface area contributed by atoms with Gasteiger partial charge in [0, 0.05) is 31.4 Å². The third-order valence-corrected chi connectivity index (χ3v) is 4.55. The van der Waals surface area contributed by atoms with E-state index in [9.17, 15) is 4.79 Å². The van der Waals surface area contributed by atoms with E-state index in [2.05, 4.69) is 40.5 Å². The van der Waals surface area contributed by atoms with Crippen molar-refractivity contribution in [3.05, 3.63) is 36.2 Å². The van der Waals surface area contributed by atoms with Crippen LogP contribution in [0.5, 0.6) is 0 Å². The van der Waals surface area contributed by atoms with Crippen LogP contribution in [-0.2, 0) is 9.53 Å². The molecule has 1 aliphatic carbocycles. The van der Waals surface area contributed by atoms with Gasteiger partial charge in [-0.05, 0) is 57.4 Å². The Morgan fingerprint density at radius 3 is 2.65 bits per heavy atom. The number of esters is 1. The summed E-state index contributed by atoms with van der Waals surface area (Å²) in [5.74, 6) is 1.25. The van der Waals surface area contributed by atoms with Gasteiger partial charge in [-0.1, -0.05) is 25.8 Å². The zero-order valence-corrected chi connectivity index (χ0v) is 16.8. The number of ether oxygens (including phenoxy) is 1. The van der Waals surface area contributed by atoms with E-state index in [-0.39, 0.29) is 0 Å². The lowest BCUT2D eigenvalue weighted by Gasteiger charge is -2.29. The highest BCUT2D eigenvalue weighted by Gasteiger charge is 2.16. The maximum absolute atomic E-state index is 11.1. The monoisotopic (exact) mass is 361 g/mol. The minimum absolute atomic E-state index is 0.297. The molecule has 1 saturated carbocycles. The van der Waals surface area contributed by atoms with Crippen molar-refractivity contribution in [1.82, 2.24) is 10.2 Å². The summed E-state index contributed by atoms with van der Waals surface area (Å²) in [4.78, 5) is 17.9. The van der Waals surface area contributed by atoms with Crippen LogP contribution < -0.4 is 5.32 Å². The summed E-state index contributed by atoms with van der Waals surface area (Å²) in [6.07, 6.45) is 13.4. The smallest absolute Gasteiger partial charge is 0.330 e. The van der Waals surface area contributed by atoms with Crippen molar-refractivity contribution in [1.29, 1.82) is 0 Å². The van der Waals surface area contributed by atoms with E-state index in [1.807, 2.05) is 13.0 Å². The summed E-state index contributed by atoms with van der Waals surface area (Å²) in [5.41, 5.74) is 0.638. The highest BCUT2D eigenvalue weighted by molar-refractivity contribution is 5.87. The second-order valence-electron chi connectivity index (χ2n) is 7.13. The fourth-order valence-corrected chi connectivity index (χ4v) is 3.28. The number of rotatable bonds is 10. The Morgan fingerprint density at radius 1 is 1.35 bits per heavy atom. The summed E-state index contributed by atoms with van der Waals surface area (Å²) >= 11 is 0. The van der Waals surface area contributed by atoms with Crippen LogP contribution in [0.1, 0.15) is 46.0 Å². The molecule has 0 aromatic rings. The topological polar surface area (TPSA) is 53.9 Å². The highest BCUT2D eigenvalue weighted by atomic mass is 16.5. The Balaban J connectivity index is 2.40. The number of hydrogen-bond acceptors (Lipinski definition) is 5. The van der Waals surface area contributed by atoms with Gasteiger partial charge >= 0.3 is 5.97 Å². The van der Waals surface area contributed by atoms with Gasteiger partial charge in [0.25, 0.3) is 0 Å². The maximum atomic E-state index is 11.1. The van der Waals surface area contributed by atoms with Crippen molar-refractivity contribution >= 4 is 12.2 Å². The molecule has 0 amide bonds. The van der Waals surface area contributed by atoms with Crippen molar-refractivity contribution in [2.24, 2.45) is 10.9 Å². The Morgan fingerprint density at radius 2 is 2.04 bits per heavy atom. The molecule has 0 aromatic heterocycles. The molecular formula is C21H35N3O2. The molecule has 1 aliphatic rings. The van der Waals surface area contributed by atoms with E-state index < -0.39 is 5.97 Å². The van der Waals surface area contributed by atoms with E-state index in [4.69, 9.17) is 0 Å². The van der Waals surface area contributed by atoms with Crippen molar-refractivity contribution in [3.8, 4) is 0 Å². The van der Waals surface area contributed by atoms with Gasteiger partial charge in [-0.2, -0.15) is 0 Å². The van der Waals surface area contributed by atoms with Gasteiger partial charge in [0.1, 0.15) is 5.82 Å². The van der Waals surface area contributed by atoms with E-state index in [1.165, 1.54) is 51.8 Å². The van der Waals surface area contributed by atoms with Crippen LogP contribution in [-0.4, -0.2) is 50.4 Å². The molecule has 1 fully saturated rings. The molecule has 0 bridgehead atoms. The molecule has 5 nitrogen and oxygen atoms in total. The molecule has 26 heavy (non-hydrogen) atoms. The van der Waals surface area contributed by atoms with Crippen molar-refractivity contribution in [2.45, 2.75) is 52.0 Å². The highest BCUT2D eigenvalue weighted by Crippen LogP contribution is 2.24. The summed E-state index contributed by atoms with van der Waals surface area (Å²) in [7, 11) is 3.54. The van der Waals surface area contributed by atoms with Crippen LogP contribution in [0.3, 0.4) is 0 Å². The lowest BCUT2D eigenvalue weighted by molar-refractivity contribution is -0.134. The van der Waals surface area contributed by atoms with Gasteiger partial charge in [0.2, 0.25) is 0 Å². The first kappa shape index (κ1) is 22.2. The molecule has 0 spiro atoms. The summed E-state index contributed by atoms with van der Waals surface area (Å²) in [5, 5.41) is 3.43. The fourth-order valence-electron chi connectivity index (χ4n) is 3.28. The zero-order chi connectivity index (χ0) is 19.4. The number of likely N-dealkylation sites (N-methyl/N-ethyl adjacent to an activating group) is 1. The second-order valence-corrected chi connectivity index (χ2v) is 7.13. The molecule has 1 atom stereocenters. The second kappa shape index (κ2) is 12.5. The van der Waals surface area contributed by atoms with Gasteiger partial charge in [-0.3, -0.25) is 0 Å². The van der Waals surface area contributed by atoms with E-state index >= 15 is 0 Å². The minimum atomic E-state index is -0.404. The van der Waals surface area contributed by atoms with Crippen molar-refractivity contribution < 1.29 is 9.53 Å². The molecule has 5 heteroatoms. The van der Waals surface area contributed by atoms with Gasteiger partial charge in [0.05, 0.1) is 7.11 Å². The number of carbonyl (C=O) groups is 1. The van der Waals surface area contributed by atoms with Crippen LogP contribution in [0, 0.1) is 5.92 Å². The first-order valence-electron chi connectivity index (χ1n) is 9.55. The van der Waals surface area contributed by atoms with Gasteiger partial charge in [-0.25, -0.2) is 9.79 Å². The SMILES string of the molecule is C=C(/C=N\C(=C/C)N[C@H](C)CN(C)CC1CCCCC1)/C=C/C(=O)OC. The molecule has 0 radical (unpaired) electrons. The predicted molar refractivity (Wildman–Crippen MR) is 109 cm³/mol. The first-order chi connectivity index (χ1) is 12.4. The largest absolute Gasteiger partial charge is 0.466 e. The van der Waals surface area contributed by atoms with Crippen molar-refractivity contribution in [3.63, 3.8) is 0 Å². The molecule has 0 aliphatic heterocycles. The number of methoxy groups -OCH3 is 1. The molecule has 1 N–H and O–H groups in total. The number of nitrogens with one attached hydrogen (secondary N) is 1. The molecule has 146 valence electrons. The van der Waals surface area contributed by atoms with Gasteiger partial charge in [-0.15, -0.1) is 0 Å². The number of aliphatic imine (C=N–C) groups is 1. The van der Waals surface area contributed by atoms with Crippen molar-refractivity contribution in [2.75, 3.05) is 27.2 Å². The summed E-state index contributed by atoms with van der Waals surface area (Å²) in [6, 6.07) is 0.297. The molecule has 0 aromatic carbocycles. The number of allylic oxidation sites excluding steroid dienone is 3. The standard InChI is InChI=1S/C21H35N3O2/c1-6-20(22-14-17(2)12-13-21(25)26-5)23-18(3)15-24(4)16-19-10-8-7-9-11-19/h6,12-14,18-19,23H,2,7-11,15-16H2,1,3-5H3/b13-12+,20-6+,22-14-/t18-/m1/s1. The molecule has 0 unspecified atom stereocenters. The Hall–Kier alpha value is -1.88. The lowest BCUT2D eigenvalue weighted by atomic mass is 9.89. The third kappa shape index (κ3) is 9.56. The van der Waals surface area contributed by atoms with E-state index in [0.29, 0.717) is 11.6 Å². The first-order valence-corrected chi connectivity index (χ1v) is 9.55. The van der Waals surface area contributed by atoms with Crippen LogP contribution in [0.2, 0.25) is 0 Å². The molecule has 0 saturated heterocycles. The zero-order valence-electron chi connectivity index (χ0n) is 16.8. The van der Waals surface area contributed by atoms with Crippen LogP contribution in [0.4, 0.5) is 0 Å². The lowest BCUT2D eigenvalue weighted by Crippen LogP contribution is -2.39. The van der Waals surface area contributed by atoms with Crippen LogP contribution in [0.15, 0.2) is 41.2 Å². The summed E-state index contributed by atoms with van der Waals surface area (Å²) < 4.78 is 4.55. The van der Waals surface area contributed by atoms with Gasteiger partial charge < -0.3 is 15.0 Å². The third-order valence-electron chi connectivity index (χ3n) is 4.55. The normalized spacial score (nSPS) is 17.8. The quantitative estimate of drug-likeness (QED) is 0.279. The Bertz CT molecular complexity index is 531. The Kier molecular flexibility index (Phi) is 10.6. The molecule has 0 heterocycles. The average molecular weight is 362 g/mol. The van der Waals surface area contributed by atoms with Gasteiger partial charge in [0.15, 0.2) is 0 Å². The molecular weight excluding hydrogens is 326 g/mol. The van der Waals surface area contributed by atoms with E-state index in [1.54, 1.807) is 12.3 Å². The number of carbonyl (C=O) groups excluding carboxylic acids is 1. The maximum Gasteiger partial charge on any atom is 0.330 e.